The van der Waals surface area contributed by atoms with E-state index in [-0.39, 0.29) is 6.10 Å². The van der Waals surface area contributed by atoms with Gasteiger partial charge >= 0.3 is 0 Å². The van der Waals surface area contributed by atoms with Crippen molar-refractivity contribution in [3.8, 4) is 0 Å². The molecule has 0 aromatic carbocycles. The molecule has 1 unspecified atom stereocenters. The van der Waals surface area contributed by atoms with E-state index in [1.165, 1.54) is 58.3 Å². The Morgan fingerprint density at radius 3 is 2.53 bits per heavy atom. The van der Waals surface area contributed by atoms with Crippen LogP contribution in [0.2, 0.25) is 0 Å². The Morgan fingerprint density at radius 1 is 1.16 bits per heavy atom. The molecule has 2 saturated heterocycles. The van der Waals surface area contributed by atoms with Gasteiger partial charge in [-0.1, -0.05) is 0 Å². The van der Waals surface area contributed by atoms with Crippen LogP contribution in [0, 0.1) is 5.92 Å². The molecule has 2 aliphatic heterocycles. The number of aliphatic hydroxyl groups excluding tert-OH is 1. The number of nitrogens with one attached hydrogen (secondary N) is 1. The van der Waals surface area contributed by atoms with Crippen LogP contribution in [0.3, 0.4) is 0 Å². The van der Waals surface area contributed by atoms with E-state index in [4.69, 9.17) is 0 Å². The minimum absolute atomic E-state index is 0.199. The Morgan fingerprint density at radius 2 is 1.84 bits per heavy atom. The third-order valence-electron chi connectivity index (χ3n) is 4.62. The Hall–Kier alpha value is -0.160. The van der Waals surface area contributed by atoms with Crippen LogP contribution in [0.15, 0.2) is 0 Å². The molecule has 112 valence electrons. The van der Waals surface area contributed by atoms with Crippen molar-refractivity contribution in [2.24, 2.45) is 5.92 Å². The largest absolute Gasteiger partial charge is 0.390 e. The molecule has 2 aliphatic rings. The second-order valence-corrected chi connectivity index (χ2v) is 6.40. The zero-order valence-electron chi connectivity index (χ0n) is 12.5. The van der Waals surface area contributed by atoms with Crippen molar-refractivity contribution < 1.29 is 5.11 Å². The predicted octanol–water partition coefficient (Wildman–Crippen LogP) is 0.765. The van der Waals surface area contributed by atoms with E-state index in [9.17, 15) is 5.11 Å². The molecule has 0 spiro atoms. The Labute approximate surface area is 118 Å². The van der Waals surface area contributed by atoms with Crippen LogP contribution in [0.5, 0.6) is 0 Å². The van der Waals surface area contributed by atoms with Crippen molar-refractivity contribution in [3.63, 3.8) is 0 Å². The van der Waals surface area contributed by atoms with Crippen molar-refractivity contribution in [3.05, 3.63) is 0 Å². The average Bonchev–Trinajstić information content (AvgIpc) is 2.89. The van der Waals surface area contributed by atoms with E-state index in [1.54, 1.807) is 0 Å². The molecular formula is C15H31N3O. The Balaban J connectivity index is 1.47. The molecule has 4 nitrogen and oxygen atoms in total. The van der Waals surface area contributed by atoms with Crippen LogP contribution in [0.25, 0.3) is 0 Å². The maximum atomic E-state index is 9.97. The summed E-state index contributed by atoms with van der Waals surface area (Å²) in [5.41, 5.74) is 0. The first-order chi connectivity index (χ1) is 9.24. The lowest BCUT2D eigenvalue weighted by atomic mass is 9.94. The van der Waals surface area contributed by atoms with Crippen LogP contribution in [-0.4, -0.2) is 73.9 Å². The van der Waals surface area contributed by atoms with Crippen LogP contribution in [0.1, 0.15) is 32.1 Å². The summed E-state index contributed by atoms with van der Waals surface area (Å²) in [7, 11) is 2.21. The van der Waals surface area contributed by atoms with Crippen LogP contribution in [0.4, 0.5) is 0 Å². The molecule has 2 N–H and O–H groups in total. The van der Waals surface area contributed by atoms with Crippen LogP contribution in [-0.2, 0) is 0 Å². The molecule has 0 bridgehead atoms. The third-order valence-corrected chi connectivity index (χ3v) is 4.62. The number of hydrogen-bond donors (Lipinski definition) is 2. The SMILES string of the molecule is CN1CCC(CCNCC(O)CN2CCCC2)CC1. The van der Waals surface area contributed by atoms with E-state index in [0.29, 0.717) is 0 Å². The number of aliphatic hydroxyl groups is 1. The van der Waals surface area contributed by atoms with Crippen LogP contribution < -0.4 is 5.32 Å². The minimum atomic E-state index is -0.199. The summed E-state index contributed by atoms with van der Waals surface area (Å²) in [4.78, 5) is 4.80. The Kier molecular flexibility index (Phi) is 6.57. The number of β-amino-alcohol motifs (C(OH)–C–C–N with tert-alkyl or cyclic N) is 1. The minimum Gasteiger partial charge on any atom is -0.390 e. The topological polar surface area (TPSA) is 38.7 Å². The highest BCUT2D eigenvalue weighted by molar-refractivity contribution is 4.73. The van der Waals surface area contributed by atoms with Gasteiger partial charge in [0.25, 0.3) is 0 Å². The molecule has 2 heterocycles. The van der Waals surface area contributed by atoms with E-state index >= 15 is 0 Å². The van der Waals surface area contributed by atoms with Crippen molar-refractivity contribution in [2.45, 2.75) is 38.2 Å². The van der Waals surface area contributed by atoms with Crippen molar-refractivity contribution >= 4 is 0 Å². The normalized spacial score (nSPS) is 24.9. The number of piperidine rings is 1. The highest BCUT2D eigenvalue weighted by Crippen LogP contribution is 2.18. The molecular weight excluding hydrogens is 238 g/mol. The average molecular weight is 269 g/mol. The summed E-state index contributed by atoms with van der Waals surface area (Å²) in [6.45, 7) is 7.51. The van der Waals surface area contributed by atoms with E-state index in [1.807, 2.05) is 0 Å². The molecule has 1 atom stereocenters. The number of likely N-dealkylation sites (tertiary alicyclic amines) is 2. The molecule has 4 heteroatoms. The summed E-state index contributed by atoms with van der Waals surface area (Å²) in [5, 5.41) is 13.4. The molecule has 19 heavy (non-hydrogen) atoms. The van der Waals surface area contributed by atoms with E-state index in [0.717, 1.165) is 25.6 Å². The molecule has 0 aromatic heterocycles. The maximum absolute atomic E-state index is 9.97. The van der Waals surface area contributed by atoms with E-state index in [2.05, 4.69) is 22.2 Å². The summed E-state index contributed by atoms with van der Waals surface area (Å²) in [5.74, 6) is 0.888. The van der Waals surface area contributed by atoms with Crippen molar-refractivity contribution in [2.75, 3.05) is 52.9 Å². The maximum Gasteiger partial charge on any atom is 0.0791 e. The summed E-state index contributed by atoms with van der Waals surface area (Å²) < 4.78 is 0. The third kappa shape index (κ3) is 5.78. The lowest BCUT2D eigenvalue weighted by Gasteiger charge is -2.29. The summed E-state index contributed by atoms with van der Waals surface area (Å²) in [6.07, 6.45) is 6.36. The molecule has 0 saturated carbocycles. The van der Waals surface area contributed by atoms with Gasteiger partial charge in [-0.25, -0.2) is 0 Å². The zero-order chi connectivity index (χ0) is 13.5. The van der Waals surface area contributed by atoms with Crippen LogP contribution >= 0.6 is 0 Å². The summed E-state index contributed by atoms with van der Waals surface area (Å²) >= 11 is 0. The fourth-order valence-electron chi connectivity index (χ4n) is 3.25. The fraction of sp³-hybridized carbons (Fsp3) is 1.00. The molecule has 2 fully saturated rings. The van der Waals surface area contributed by atoms with Gasteiger partial charge in [0.15, 0.2) is 0 Å². The van der Waals surface area contributed by atoms with Gasteiger partial charge in [-0.3, -0.25) is 0 Å². The number of rotatable bonds is 7. The highest BCUT2D eigenvalue weighted by Gasteiger charge is 2.17. The first-order valence-corrected chi connectivity index (χ1v) is 8.03. The van der Waals surface area contributed by atoms with Gasteiger partial charge in [0, 0.05) is 13.1 Å². The van der Waals surface area contributed by atoms with E-state index < -0.39 is 0 Å². The van der Waals surface area contributed by atoms with Gasteiger partial charge in [0.05, 0.1) is 6.10 Å². The second-order valence-electron chi connectivity index (χ2n) is 6.40. The standard InChI is InChI=1S/C15H31N3O/c1-17-10-5-14(6-11-17)4-7-16-12-15(19)13-18-8-2-3-9-18/h14-16,19H,2-13H2,1H3. The molecule has 0 aliphatic carbocycles. The van der Waals surface area contributed by atoms with Gasteiger partial charge in [-0.05, 0) is 77.8 Å². The molecule has 0 aromatic rings. The monoisotopic (exact) mass is 269 g/mol. The predicted molar refractivity (Wildman–Crippen MR) is 79.4 cm³/mol. The molecule has 0 amide bonds. The first kappa shape index (κ1) is 15.2. The first-order valence-electron chi connectivity index (χ1n) is 8.03. The Bertz CT molecular complexity index is 236. The summed E-state index contributed by atoms with van der Waals surface area (Å²) in [6, 6.07) is 0. The van der Waals surface area contributed by atoms with Gasteiger partial charge in [0.2, 0.25) is 0 Å². The lowest BCUT2D eigenvalue weighted by Crippen LogP contribution is -2.38. The van der Waals surface area contributed by atoms with Gasteiger partial charge in [-0.2, -0.15) is 0 Å². The molecule has 2 rings (SSSR count). The second kappa shape index (κ2) is 8.20. The van der Waals surface area contributed by atoms with Gasteiger partial charge in [0.1, 0.15) is 0 Å². The smallest absolute Gasteiger partial charge is 0.0791 e. The fourth-order valence-corrected chi connectivity index (χ4v) is 3.25. The lowest BCUT2D eigenvalue weighted by molar-refractivity contribution is 0.122. The van der Waals surface area contributed by atoms with Crippen molar-refractivity contribution in [1.29, 1.82) is 0 Å². The van der Waals surface area contributed by atoms with Gasteiger partial charge in [-0.15, -0.1) is 0 Å². The van der Waals surface area contributed by atoms with Gasteiger partial charge < -0.3 is 20.2 Å². The number of hydrogen-bond acceptors (Lipinski definition) is 4. The highest BCUT2D eigenvalue weighted by atomic mass is 16.3. The van der Waals surface area contributed by atoms with Crippen molar-refractivity contribution in [1.82, 2.24) is 15.1 Å². The zero-order valence-corrected chi connectivity index (χ0v) is 12.5. The quantitative estimate of drug-likeness (QED) is 0.670. The number of nitrogens with zero attached hydrogens (tertiary/aromatic N) is 2. The molecule has 0 radical (unpaired) electrons.